The van der Waals surface area contributed by atoms with Gasteiger partial charge >= 0.3 is 37.7 Å². The highest BCUT2D eigenvalue weighted by atomic mass is 79.9. The molecule has 0 bridgehead atoms. The molecule has 3 saturated carbocycles. The lowest BCUT2D eigenvalue weighted by molar-refractivity contribution is 0.00578. The number of pyridine rings is 3. The molecule has 3 N–H and O–H groups in total. The summed E-state index contributed by atoms with van der Waals surface area (Å²) >= 11 is 3.18. The Morgan fingerprint density at radius 3 is 1.22 bits per heavy atom. The molecule has 6 aromatic rings. The molecular formula is C67H85BBrF6N13O14S5. The molecule has 9 aliphatic rings. The quantitative estimate of drug-likeness (QED) is 0.0546. The number of hydrogen-bond donors (Lipinski definition) is 3. The van der Waals surface area contributed by atoms with E-state index in [1.165, 1.54) is 42.3 Å². The Balaban J connectivity index is 0.000000143. The van der Waals surface area contributed by atoms with Crippen LogP contribution in [0.25, 0.3) is 22.5 Å². The first-order chi connectivity index (χ1) is 49.8. The van der Waals surface area contributed by atoms with Crippen molar-refractivity contribution in [3.05, 3.63) is 131 Å². The molecule has 40 heteroatoms. The van der Waals surface area contributed by atoms with Gasteiger partial charge < -0.3 is 24.8 Å². The van der Waals surface area contributed by atoms with Crippen LogP contribution in [0.1, 0.15) is 64.0 Å². The second-order valence-electron chi connectivity index (χ2n) is 28.4. The number of halogens is 7. The number of hydrogen-bond acceptors (Lipinski definition) is 19. The van der Waals surface area contributed by atoms with Crippen molar-refractivity contribution >= 4 is 113 Å². The lowest BCUT2D eigenvalue weighted by atomic mass is 9.78. The van der Waals surface area contributed by atoms with E-state index >= 15 is 0 Å². The van der Waals surface area contributed by atoms with Gasteiger partial charge in [-0.1, -0.05) is 36.4 Å². The van der Waals surface area contributed by atoms with Crippen molar-refractivity contribution < 1.29 is 88.0 Å². The van der Waals surface area contributed by atoms with Crippen LogP contribution in [-0.4, -0.2) is 222 Å². The first-order valence-electron chi connectivity index (χ1n) is 34.1. The number of benzene rings is 3. The highest BCUT2D eigenvalue weighted by Crippen LogP contribution is 2.55. The van der Waals surface area contributed by atoms with Gasteiger partial charge in [0.15, 0.2) is 0 Å². The van der Waals surface area contributed by atoms with E-state index in [0.717, 1.165) is 49.2 Å². The molecule has 0 spiro atoms. The van der Waals surface area contributed by atoms with E-state index < -0.39 is 105 Å². The van der Waals surface area contributed by atoms with Crippen LogP contribution in [0.3, 0.4) is 0 Å². The highest BCUT2D eigenvalue weighted by molar-refractivity contribution is 9.10. The largest absolute Gasteiger partial charge is 0.494 e. The van der Waals surface area contributed by atoms with Crippen LogP contribution in [0.4, 0.5) is 60.5 Å². The Bertz CT molecular complexity index is 4910. The Hall–Kier alpha value is -6.54. The number of fused-ring (bicyclic) bond motifs is 3. The molecule has 3 unspecified atom stereocenters. The first-order valence-corrected chi connectivity index (χ1v) is 42.8. The minimum atomic E-state index is -3.91. The molecule has 3 saturated heterocycles. The van der Waals surface area contributed by atoms with Gasteiger partial charge in [-0.3, -0.25) is 40.7 Å². The molecule has 6 fully saturated rings. The van der Waals surface area contributed by atoms with Crippen LogP contribution in [0.2, 0.25) is 0 Å². The van der Waals surface area contributed by atoms with Crippen LogP contribution in [-0.2, 0) is 79.7 Å². The summed E-state index contributed by atoms with van der Waals surface area (Å²) in [6, 6.07) is 31.4. The van der Waals surface area contributed by atoms with Crippen LogP contribution in [0.15, 0.2) is 114 Å². The summed E-state index contributed by atoms with van der Waals surface area (Å²) in [5, 5.41) is 20.9. The van der Waals surface area contributed by atoms with Gasteiger partial charge in [-0.2, -0.15) is 33.9 Å². The molecule has 27 nitrogen and oxygen atoms in total. The summed E-state index contributed by atoms with van der Waals surface area (Å²) in [5.41, 5.74) is 6.77. The molecule has 3 aromatic carbocycles. The molecule has 584 valence electrons. The number of anilines is 6. The normalized spacial score (nSPS) is 23.6. The Labute approximate surface area is 629 Å². The average Bonchev–Trinajstić information content (AvgIpc) is 1.59. The van der Waals surface area contributed by atoms with Gasteiger partial charge in [0.05, 0.1) is 99.5 Å². The Kier molecular flexibility index (Phi) is 23.0. The van der Waals surface area contributed by atoms with E-state index in [-0.39, 0.29) is 52.1 Å². The van der Waals surface area contributed by atoms with Crippen molar-refractivity contribution in [3.8, 4) is 22.5 Å². The highest BCUT2D eigenvalue weighted by Gasteiger charge is 2.61. The van der Waals surface area contributed by atoms with Gasteiger partial charge in [-0.05, 0) is 122 Å². The molecule has 3 aliphatic carbocycles. The molecule has 9 heterocycles. The SMILES string of the molecule is CN1c2cc(-c3cccc(CN4CCN(S(C)(=O)=O)CC4)n3)ccc2N(CC2CC2(F)F)S1(=O)=O.CN1c2cc(-c3cccc(CO)n3)ccc2N(CC2CC2(F)F)S1(=O)=O.CN1c2cc(B3OC(C)(C)C(C)(C)O3)ccc2N(CC2CC2(F)F)S1(=O)=O.CS(=O)(=O)N1CCNCC1.OCc1cccc(Br)n1. The topological polar surface area (TPSA) is 309 Å². The molecule has 6 aliphatic heterocycles. The van der Waals surface area contributed by atoms with Crippen molar-refractivity contribution in [2.75, 3.05) is 131 Å². The molecule has 15 rings (SSSR count). The van der Waals surface area contributed by atoms with E-state index in [0.29, 0.717) is 119 Å². The molecule has 107 heavy (non-hydrogen) atoms. The maximum atomic E-state index is 13.5. The van der Waals surface area contributed by atoms with Gasteiger partial charge in [0.1, 0.15) is 4.60 Å². The minimum Gasteiger partial charge on any atom is -0.399 e. The van der Waals surface area contributed by atoms with Crippen LogP contribution >= 0.6 is 15.9 Å². The number of nitrogens with zero attached hydrogens (tertiary/aromatic N) is 12. The standard InChI is InChI=1S/C22H27F2N5O4S2.C17H23BF2N2O4S.C17H17F2N3O3S.C6H6BrNO.C5H12N2O2S/c1-26-21-12-16(6-7-20(21)29(35(26,32)33)14-17-13-22(17,23)24)19-5-3-4-18(25-19)15-27-8-10-28(11-9-27)34(2,30)31;1-15(2)16(3,4)26-18(25-15)12-6-7-13-14(8-12)21(5)27(23,24)22(13)10-11-9-17(11,19)20;1-21-16-7-11(14-4-2-3-13(10-23)20-14)5-6-15(16)22(26(21,24)25)9-12-8-17(12,18)19;7-6-3-1-2-5(4-9)8-6;1-10(8,9)7-4-2-6-3-5-7/h3-7,12,17H,8-11,13-15H2,1-2H3;6-8,11H,9-10H2,1-5H3;2-7,12,23H,8-10H2,1H3;1-3,9H,4H2;6H,2-5H2,1H3. The number of aromatic nitrogens is 3. The maximum absolute atomic E-state index is 13.5. The van der Waals surface area contributed by atoms with Crippen LogP contribution in [0.5, 0.6) is 0 Å². The number of aliphatic hydroxyl groups is 2. The fraction of sp³-hybridized carbons (Fsp3) is 0.507. The number of piperazine rings is 2. The van der Waals surface area contributed by atoms with E-state index in [1.54, 1.807) is 78.9 Å². The van der Waals surface area contributed by atoms with E-state index in [9.17, 15) is 73.5 Å². The minimum absolute atomic E-state index is 0.000556. The van der Waals surface area contributed by atoms with Crippen LogP contribution < -0.4 is 36.6 Å². The number of rotatable bonds is 15. The van der Waals surface area contributed by atoms with E-state index in [2.05, 4.69) is 36.1 Å². The number of sulfonamides is 2. The molecule has 3 aromatic heterocycles. The third-order valence-corrected chi connectivity index (χ3v) is 28.7. The lowest BCUT2D eigenvalue weighted by Crippen LogP contribution is -2.47. The zero-order chi connectivity index (χ0) is 78.2. The van der Waals surface area contributed by atoms with E-state index in [1.807, 2.05) is 58.0 Å². The zero-order valence-electron chi connectivity index (χ0n) is 60.1. The zero-order valence-corrected chi connectivity index (χ0v) is 65.7. The fourth-order valence-corrected chi connectivity index (χ4v) is 19.0. The van der Waals surface area contributed by atoms with Crippen molar-refractivity contribution in [3.63, 3.8) is 0 Å². The Morgan fingerprint density at radius 1 is 0.505 bits per heavy atom. The average molecular weight is 1660 g/mol. The summed E-state index contributed by atoms with van der Waals surface area (Å²) in [5.74, 6) is -11.2. The fourth-order valence-electron chi connectivity index (χ4n) is 12.6. The molecule has 0 radical (unpaired) electrons. The summed E-state index contributed by atoms with van der Waals surface area (Å²) in [6.45, 7) is 12.3. The molecular weight excluding hydrogens is 1580 g/mol. The first kappa shape index (κ1) is 81.5. The van der Waals surface area contributed by atoms with Gasteiger partial charge in [-0.15, -0.1) is 0 Å². The third kappa shape index (κ3) is 17.8. The van der Waals surface area contributed by atoms with E-state index in [4.69, 9.17) is 19.4 Å². The van der Waals surface area contributed by atoms with Gasteiger partial charge in [0.25, 0.3) is 17.8 Å². The summed E-state index contributed by atoms with van der Waals surface area (Å²) in [6.07, 6.45) is 1.61. The summed E-state index contributed by atoms with van der Waals surface area (Å²) < 4.78 is 224. The third-order valence-electron chi connectivity index (χ3n) is 20.2. The molecule has 0 amide bonds. The summed E-state index contributed by atoms with van der Waals surface area (Å²) in [7, 11) is -14.2. The maximum Gasteiger partial charge on any atom is 0.494 e. The summed E-state index contributed by atoms with van der Waals surface area (Å²) in [4.78, 5) is 15.1. The predicted molar refractivity (Wildman–Crippen MR) is 399 cm³/mol. The van der Waals surface area contributed by atoms with Gasteiger partial charge in [0.2, 0.25) is 20.0 Å². The molecule has 3 atom stereocenters. The second-order valence-corrected chi connectivity index (χ2v) is 38.8. The number of nitrogens with one attached hydrogen (secondary N) is 1. The van der Waals surface area contributed by atoms with Crippen molar-refractivity contribution in [2.45, 2.75) is 95.7 Å². The number of aliphatic hydroxyl groups excluding tert-OH is 2. The van der Waals surface area contributed by atoms with Gasteiger partial charge in [-0.25, -0.2) is 48.2 Å². The predicted octanol–water partition coefficient (Wildman–Crippen LogP) is 6.71. The Morgan fingerprint density at radius 2 is 0.860 bits per heavy atom. The second kappa shape index (κ2) is 30.3. The smallest absolute Gasteiger partial charge is 0.399 e. The monoisotopic (exact) mass is 1660 g/mol. The van der Waals surface area contributed by atoms with Gasteiger partial charge in [0, 0.05) is 148 Å². The lowest BCUT2D eigenvalue weighted by Gasteiger charge is -2.33. The van der Waals surface area contributed by atoms with Crippen molar-refractivity contribution in [1.82, 2.24) is 33.8 Å². The number of alkyl halides is 6. The van der Waals surface area contributed by atoms with Crippen molar-refractivity contribution in [2.24, 2.45) is 17.8 Å². The van der Waals surface area contributed by atoms with Crippen LogP contribution in [0, 0.1) is 17.8 Å². The van der Waals surface area contributed by atoms with Crippen molar-refractivity contribution in [1.29, 1.82) is 0 Å².